The van der Waals surface area contributed by atoms with E-state index in [1.807, 2.05) is 4.90 Å². The zero-order valence-corrected chi connectivity index (χ0v) is 14.7. The molecule has 0 aromatic carbocycles. The lowest BCUT2D eigenvalue weighted by atomic mass is 9.83. The number of fused-ring (bicyclic) bond motifs is 2. The molecule has 4 atom stereocenters. The maximum atomic E-state index is 12.9. The van der Waals surface area contributed by atoms with E-state index in [-0.39, 0.29) is 29.8 Å². The number of carbonyl (C=O) groups excluding carboxylic acids is 2. The number of nitrogens with one attached hydrogen (secondary N) is 1. The van der Waals surface area contributed by atoms with Crippen LogP contribution in [0.1, 0.15) is 48.2 Å². The van der Waals surface area contributed by atoms with E-state index >= 15 is 0 Å². The molecule has 3 N–H and O–H groups in total. The van der Waals surface area contributed by atoms with E-state index in [1.165, 1.54) is 12.7 Å². The topological polar surface area (TPSA) is 88.6 Å². The molecule has 1 saturated heterocycles. The van der Waals surface area contributed by atoms with Crippen molar-refractivity contribution in [2.45, 2.75) is 51.1 Å². The molecular formula is C19H27N3O3. The number of hydrogen-bond acceptors (Lipinski definition) is 4. The number of piperidine rings is 1. The van der Waals surface area contributed by atoms with Crippen molar-refractivity contribution >= 4 is 11.8 Å². The van der Waals surface area contributed by atoms with Crippen LogP contribution in [-0.2, 0) is 4.79 Å². The minimum absolute atomic E-state index is 0.0264. The van der Waals surface area contributed by atoms with Crippen LogP contribution in [0.5, 0.6) is 0 Å². The summed E-state index contributed by atoms with van der Waals surface area (Å²) in [6, 6.07) is 1.85. The molecule has 6 heteroatoms. The van der Waals surface area contributed by atoms with Crippen molar-refractivity contribution in [3.05, 3.63) is 23.7 Å². The summed E-state index contributed by atoms with van der Waals surface area (Å²) >= 11 is 0. The zero-order chi connectivity index (χ0) is 17.6. The van der Waals surface area contributed by atoms with Gasteiger partial charge in [-0.1, -0.05) is 0 Å². The summed E-state index contributed by atoms with van der Waals surface area (Å²) in [5.41, 5.74) is 6.91. The average Bonchev–Trinajstić information content (AvgIpc) is 3.31. The molecule has 1 aromatic heterocycles. The van der Waals surface area contributed by atoms with Crippen LogP contribution in [0, 0.1) is 24.7 Å². The lowest BCUT2D eigenvalue weighted by molar-refractivity contribution is -0.138. The third-order valence-electron chi connectivity index (χ3n) is 6.51. The van der Waals surface area contributed by atoms with Gasteiger partial charge in [-0.15, -0.1) is 0 Å². The average molecular weight is 345 g/mol. The van der Waals surface area contributed by atoms with E-state index in [1.54, 1.807) is 13.0 Å². The molecule has 1 aromatic rings. The van der Waals surface area contributed by atoms with Gasteiger partial charge < -0.3 is 20.4 Å². The molecule has 25 heavy (non-hydrogen) atoms. The molecule has 0 spiro atoms. The maximum Gasteiger partial charge on any atom is 0.255 e. The molecule has 3 aliphatic rings. The third-order valence-corrected chi connectivity index (χ3v) is 6.51. The SMILES string of the molecule is Cc1occc1C(=O)NC1CCN(C(=O)C2C3CCC(C3)C2N)CC1. The van der Waals surface area contributed by atoms with E-state index < -0.39 is 0 Å². The standard InChI is InChI=1S/C19H27N3O3/c1-11-15(6-9-25-11)18(23)21-14-4-7-22(8-5-14)19(24)16-12-2-3-13(10-12)17(16)20/h6,9,12-14,16-17H,2-5,7-8,10,20H2,1H3,(H,21,23). The van der Waals surface area contributed by atoms with Crippen molar-refractivity contribution in [2.75, 3.05) is 13.1 Å². The lowest BCUT2D eigenvalue weighted by Gasteiger charge is -2.37. The van der Waals surface area contributed by atoms with E-state index in [0.29, 0.717) is 36.2 Å². The number of amides is 2. The van der Waals surface area contributed by atoms with Crippen LogP contribution in [0.3, 0.4) is 0 Å². The monoisotopic (exact) mass is 345 g/mol. The summed E-state index contributed by atoms with van der Waals surface area (Å²) in [4.78, 5) is 27.2. The second kappa shape index (κ2) is 6.48. The van der Waals surface area contributed by atoms with Gasteiger partial charge in [0.25, 0.3) is 5.91 Å². The van der Waals surface area contributed by atoms with Gasteiger partial charge >= 0.3 is 0 Å². The number of nitrogens with zero attached hydrogens (tertiary/aromatic N) is 1. The number of nitrogens with two attached hydrogens (primary N) is 1. The van der Waals surface area contributed by atoms with Crippen LogP contribution in [0.25, 0.3) is 0 Å². The Balaban J connectivity index is 1.30. The zero-order valence-electron chi connectivity index (χ0n) is 14.7. The lowest BCUT2D eigenvalue weighted by Crippen LogP contribution is -2.51. The van der Waals surface area contributed by atoms with Gasteiger partial charge in [0.05, 0.1) is 17.7 Å². The van der Waals surface area contributed by atoms with Gasteiger partial charge in [-0.25, -0.2) is 0 Å². The van der Waals surface area contributed by atoms with Gasteiger partial charge in [0, 0.05) is 25.2 Å². The number of furan rings is 1. The van der Waals surface area contributed by atoms with Crippen LogP contribution in [-0.4, -0.2) is 41.9 Å². The Morgan fingerprint density at radius 3 is 2.52 bits per heavy atom. The fourth-order valence-corrected chi connectivity index (χ4v) is 5.04. The summed E-state index contributed by atoms with van der Waals surface area (Å²) in [6.45, 7) is 3.19. The Morgan fingerprint density at radius 1 is 1.20 bits per heavy atom. The molecular weight excluding hydrogens is 318 g/mol. The maximum absolute atomic E-state index is 12.9. The molecule has 2 heterocycles. The highest BCUT2D eigenvalue weighted by Gasteiger charge is 2.50. The highest BCUT2D eigenvalue weighted by Crippen LogP contribution is 2.48. The Kier molecular flexibility index (Phi) is 4.31. The summed E-state index contributed by atoms with van der Waals surface area (Å²) in [6.07, 6.45) is 6.61. The van der Waals surface area contributed by atoms with Gasteiger partial charge in [-0.3, -0.25) is 9.59 Å². The summed E-state index contributed by atoms with van der Waals surface area (Å²) < 4.78 is 5.19. The summed E-state index contributed by atoms with van der Waals surface area (Å²) in [5.74, 6) is 1.86. The quantitative estimate of drug-likeness (QED) is 0.872. The van der Waals surface area contributed by atoms with E-state index in [2.05, 4.69) is 5.32 Å². The predicted octanol–water partition coefficient (Wildman–Crippen LogP) is 1.68. The van der Waals surface area contributed by atoms with Crippen LogP contribution >= 0.6 is 0 Å². The van der Waals surface area contributed by atoms with Gasteiger partial charge in [0.2, 0.25) is 5.91 Å². The minimum Gasteiger partial charge on any atom is -0.469 e. The smallest absolute Gasteiger partial charge is 0.255 e. The summed E-state index contributed by atoms with van der Waals surface area (Å²) in [7, 11) is 0. The molecule has 4 rings (SSSR count). The molecule has 1 aliphatic heterocycles. The van der Waals surface area contributed by atoms with Crippen LogP contribution < -0.4 is 11.1 Å². The molecule has 0 radical (unpaired) electrons. The highest BCUT2D eigenvalue weighted by molar-refractivity contribution is 5.95. The molecule has 3 fully saturated rings. The van der Waals surface area contributed by atoms with Crippen molar-refractivity contribution < 1.29 is 14.0 Å². The molecule has 2 bridgehead atoms. The molecule has 136 valence electrons. The minimum atomic E-state index is -0.0915. The van der Waals surface area contributed by atoms with Crippen molar-refractivity contribution in [1.82, 2.24) is 10.2 Å². The first-order valence-corrected chi connectivity index (χ1v) is 9.44. The van der Waals surface area contributed by atoms with Crippen molar-refractivity contribution in [3.8, 4) is 0 Å². The van der Waals surface area contributed by atoms with Crippen LogP contribution in [0.15, 0.2) is 16.7 Å². The predicted molar refractivity (Wildman–Crippen MR) is 92.8 cm³/mol. The van der Waals surface area contributed by atoms with Gasteiger partial charge in [0.1, 0.15) is 5.76 Å². The largest absolute Gasteiger partial charge is 0.469 e. The van der Waals surface area contributed by atoms with Crippen LogP contribution in [0.2, 0.25) is 0 Å². The highest BCUT2D eigenvalue weighted by atomic mass is 16.3. The molecule has 2 amide bonds. The number of hydrogen-bond donors (Lipinski definition) is 2. The van der Waals surface area contributed by atoms with Gasteiger partial charge in [0.15, 0.2) is 0 Å². The molecule has 6 nitrogen and oxygen atoms in total. The Morgan fingerprint density at radius 2 is 1.92 bits per heavy atom. The number of aryl methyl sites for hydroxylation is 1. The first kappa shape index (κ1) is 16.6. The fraction of sp³-hybridized carbons (Fsp3) is 0.684. The molecule has 4 unspecified atom stereocenters. The fourth-order valence-electron chi connectivity index (χ4n) is 5.04. The number of likely N-dealkylation sites (tertiary alicyclic amines) is 1. The normalized spacial score (nSPS) is 32.2. The first-order valence-electron chi connectivity index (χ1n) is 9.44. The third kappa shape index (κ3) is 2.97. The first-order chi connectivity index (χ1) is 12.0. The molecule has 2 aliphatic carbocycles. The second-order valence-electron chi connectivity index (χ2n) is 7.90. The van der Waals surface area contributed by atoms with E-state index in [4.69, 9.17) is 10.2 Å². The van der Waals surface area contributed by atoms with Gasteiger partial charge in [-0.2, -0.15) is 0 Å². The number of rotatable bonds is 3. The number of carbonyl (C=O) groups is 2. The Labute approximate surface area is 148 Å². The Bertz CT molecular complexity index is 661. The van der Waals surface area contributed by atoms with Crippen LogP contribution in [0.4, 0.5) is 0 Å². The summed E-state index contributed by atoms with van der Waals surface area (Å²) in [5, 5.41) is 3.07. The Hall–Kier alpha value is -1.82. The second-order valence-corrected chi connectivity index (χ2v) is 7.90. The van der Waals surface area contributed by atoms with Gasteiger partial charge in [-0.05, 0) is 56.9 Å². The molecule has 2 saturated carbocycles. The van der Waals surface area contributed by atoms with Crippen molar-refractivity contribution in [2.24, 2.45) is 23.5 Å². The van der Waals surface area contributed by atoms with E-state index in [9.17, 15) is 9.59 Å². The van der Waals surface area contributed by atoms with Crippen molar-refractivity contribution in [1.29, 1.82) is 0 Å². The van der Waals surface area contributed by atoms with E-state index in [0.717, 1.165) is 25.7 Å². The van der Waals surface area contributed by atoms with Crippen molar-refractivity contribution in [3.63, 3.8) is 0 Å².